The summed E-state index contributed by atoms with van der Waals surface area (Å²) in [6.45, 7) is 4.70. The summed E-state index contributed by atoms with van der Waals surface area (Å²) in [7, 11) is 0. The molecule has 1 N–H and O–H groups in total. The van der Waals surface area contributed by atoms with E-state index in [9.17, 15) is 4.79 Å². The topological polar surface area (TPSA) is 62.1 Å². The van der Waals surface area contributed by atoms with Gasteiger partial charge in [0, 0.05) is 29.6 Å². The van der Waals surface area contributed by atoms with Crippen LogP contribution in [0.3, 0.4) is 0 Å². The zero-order chi connectivity index (χ0) is 20.0. The second-order valence-corrected chi connectivity index (χ2v) is 7.61. The zero-order valence-electron chi connectivity index (χ0n) is 16.6. The van der Waals surface area contributed by atoms with Crippen LogP contribution in [0, 0.1) is 6.92 Å². The van der Waals surface area contributed by atoms with Crippen LogP contribution in [0.1, 0.15) is 51.6 Å². The summed E-state index contributed by atoms with van der Waals surface area (Å²) in [5, 5.41) is 1.24. The first-order valence-corrected chi connectivity index (χ1v) is 10.1. The Labute approximate surface area is 169 Å². The minimum Gasteiger partial charge on any atom is -0.448 e. The lowest BCUT2D eigenvalue weighted by Gasteiger charge is -2.36. The molecule has 2 aromatic heterocycles. The molecule has 1 amide bonds. The molecule has 5 heteroatoms. The highest BCUT2D eigenvalue weighted by Crippen LogP contribution is 2.39. The first-order valence-electron chi connectivity index (χ1n) is 10.1. The van der Waals surface area contributed by atoms with E-state index in [1.165, 1.54) is 22.9 Å². The maximum absolute atomic E-state index is 13.5. The molecule has 3 heterocycles. The number of benzene rings is 2. The van der Waals surface area contributed by atoms with Crippen LogP contribution >= 0.6 is 0 Å². The minimum absolute atomic E-state index is 0.0774. The van der Waals surface area contributed by atoms with Crippen molar-refractivity contribution in [3.05, 3.63) is 88.8 Å². The van der Waals surface area contributed by atoms with E-state index < -0.39 is 0 Å². The molecule has 146 valence electrons. The molecule has 0 radical (unpaired) electrons. The molecule has 29 heavy (non-hydrogen) atoms. The van der Waals surface area contributed by atoms with Crippen molar-refractivity contribution in [1.29, 1.82) is 0 Å². The van der Waals surface area contributed by atoms with E-state index in [0.717, 1.165) is 23.2 Å². The van der Waals surface area contributed by atoms with Gasteiger partial charge in [-0.05, 0) is 30.5 Å². The summed E-state index contributed by atoms with van der Waals surface area (Å²) < 4.78 is 5.44. The highest BCUT2D eigenvalue weighted by atomic mass is 16.3. The number of rotatable bonds is 3. The summed E-state index contributed by atoms with van der Waals surface area (Å²) in [4.78, 5) is 23.3. The van der Waals surface area contributed by atoms with Gasteiger partial charge in [-0.1, -0.05) is 55.0 Å². The molecule has 1 aliphatic rings. The van der Waals surface area contributed by atoms with Gasteiger partial charge in [-0.3, -0.25) is 4.79 Å². The minimum atomic E-state index is -0.181. The SMILES string of the molecule is CCc1ocnc1C(=O)N1CCc2c([nH]c3ccccc23)[C@@H]1c1cccc(C)c1. The lowest BCUT2D eigenvalue weighted by Crippen LogP contribution is -2.41. The standard InChI is InChI=1S/C24H23N3O2/c1-3-20-22(25-14-29-20)24(28)27-12-11-18-17-9-4-5-10-19(17)26-21(18)23(27)16-8-6-7-15(2)13-16/h4-10,13-14,23,26H,3,11-12H2,1-2H3/t23-/m0/s1. The highest BCUT2D eigenvalue weighted by Gasteiger charge is 2.36. The number of aromatic nitrogens is 2. The molecule has 4 aromatic rings. The maximum atomic E-state index is 13.5. The smallest absolute Gasteiger partial charge is 0.276 e. The third-order valence-corrected chi connectivity index (χ3v) is 5.82. The van der Waals surface area contributed by atoms with Gasteiger partial charge in [0.1, 0.15) is 5.76 Å². The number of oxazole rings is 1. The average Bonchev–Trinajstić information content (AvgIpc) is 3.36. The summed E-state index contributed by atoms with van der Waals surface area (Å²) in [5.41, 5.74) is 6.20. The lowest BCUT2D eigenvalue weighted by molar-refractivity contribution is 0.0684. The Bertz CT molecular complexity index is 1200. The average molecular weight is 385 g/mol. The van der Waals surface area contributed by atoms with Gasteiger partial charge in [-0.15, -0.1) is 0 Å². The summed E-state index contributed by atoms with van der Waals surface area (Å²) in [6, 6.07) is 16.6. The molecule has 5 nitrogen and oxygen atoms in total. The van der Waals surface area contributed by atoms with E-state index in [1.54, 1.807) is 0 Å². The molecule has 1 atom stereocenters. The van der Waals surface area contributed by atoms with Crippen LogP contribution in [-0.4, -0.2) is 27.3 Å². The fourth-order valence-electron chi connectivity index (χ4n) is 4.48. The van der Waals surface area contributed by atoms with E-state index in [1.807, 2.05) is 17.9 Å². The van der Waals surface area contributed by atoms with Crippen molar-refractivity contribution in [3.63, 3.8) is 0 Å². The van der Waals surface area contributed by atoms with Gasteiger partial charge in [0.25, 0.3) is 5.91 Å². The fourth-order valence-corrected chi connectivity index (χ4v) is 4.48. The number of carbonyl (C=O) groups excluding carboxylic acids is 1. The van der Waals surface area contributed by atoms with Crippen molar-refractivity contribution in [2.45, 2.75) is 32.7 Å². The van der Waals surface area contributed by atoms with Crippen molar-refractivity contribution in [2.75, 3.05) is 6.54 Å². The van der Waals surface area contributed by atoms with E-state index in [2.05, 4.69) is 59.4 Å². The van der Waals surface area contributed by atoms with Crippen LogP contribution in [-0.2, 0) is 12.8 Å². The summed E-state index contributed by atoms with van der Waals surface area (Å²) >= 11 is 0. The number of hydrogen-bond donors (Lipinski definition) is 1. The quantitative estimate of drug-likeness (QED) is 0.550. The third kappa shape index (κ3) is 2.85. The summed E-state index contributed by atoms with van der Waals surface area (Å²) in [5.74, 6) is 0.562. The van der Waals surface area contributed by atoms with Crippen molar-refractivity contribution >= 4 is 16.8 Å². The van der Waals surface area contributed by atoms with Crippen LogP contribution in [0.15, 0.2) is 59.3 Å². The van der Waals surface area contributed by atoms with E-state index in [-0.39, 0.29) is 11.9 Å². The number of fused-ring (bicyclic) bond motifs is 3. The number of carbonyl (C=O) groups is 1. The molecular weight excluding hydrogens is 362 g/mol. The number of nitrogens with one attached hydrogen (secondary N) is 1. The molecule has 1 aliphatic heterocycles. The van der Waals surface area contributed by atoms with Crippen molar-refractivity contribution in [2.24, 2.45) is 0 Å². The highest BCUT2D eigenvalue weighted by molar-refractivity contribution is 5.94. The largest absolute Gasteiger partial charge is 0.448 e. The Morgan fingerprint density at radius 3 is 2.93 bits per heavy atom. The van der Waals surface area contributed by atoms with E-state index in [4.69, 9.17) is 4.42 Å². The monoisotopic (exact) mass is 385 g/mol. The van der Waals surface area contributed by atoms with Gasteiger partial charge in [-0.25, -0.2) is 4.98 Å². The Morgan fingerprint density at radius 1 is 1.24 bits per heavy atom. The van der Waals surface area contributed by atoms with E-state index >= 15 is 0 Å². The molecule has 0 spiro atoms. The Hall–Kier alpha value is -3.34. The Morgan fingerprint density at radius 2 is 2.10 bits per heavy atom. The van der Waals surface area contributed by atoms with Gasteiger partial charge in [0.2, 0.25) is 0 Å². The number of amides is 1. The van der Waals surface area contributed by atoms with Crippen LogP contribution in [0.25, 0.3) is 10.9 Å². The third-order valence-electron chi connectivity index (χ3n) is 5.82. The van der Waals surface area contributed by atoms with Gasteiger partial charge >= 0.3 is 0 Å². The maximum Gasteiger partial charge on any atom is 0.276 e. The first kappa shape index (κ1) is 17.7. The summed E-state index contributed by atoms with van der Waals surface area (Å²) in [6.07, 6.45) is 2.82. The van der Waals surface area contributed by atoms with Gasteiger partial charge in [-0.2, -0.15) is 0 Å². The molecule has 0 bridgehead atoms. The van der Waals surface area contributed by atoms with Gasteiger partial charge < -0.3 is 14.3 Å². The van der Waals surface area contributed by atoms with Crippen molar-refractivity contribution in [3.8, 4) is 0 Å². The first-order chi connectivity index (χ1) is 14.2. The number of nitrogens with zero attached hydrogens (tertiary/aromatic N) is 2. The normalized spacial score (nSPS) is 16.2. The van der Waals surface area contributed by atoms with Crippen molar-refractivity contribution in [1.82, 2.24) is 14.9 Å². The predicted molar refractivity (Wildman–Crippen MR) is 112 cm³/mol. The molecule has 0 fully saturated rings. The van der Waals surface area contributed by atoms with Gasteiger partial charge in [0.15, 0.2) is 12.1 Å². The second kappa shape index (κ2) is 6.92. The molecular formula is C24H23N3O2. The molecule has 2 aromatic carbocycles. The molecule has 0 aliphatic carbocycles. The molecule has 0 saturated carbocycles. The molecule has 0 saturated heterocycles. The number of aromatic amines is 1. The van der Waals surface area contributed by atoms with Crippen LogP contribution in [0.5, 0.6) is 0 Å². The van der Waals surface area contributed by atoms with Crippen LogP contribution < -0.4 is 0 Å². The molecule has 0 unspecified atom stereocenters. The van der Waals surface area contributed by atoms with Crippen LogP contribution in [0.4, 0.5) is 0 Å². The number of aryl methyl sites for hydroxylation is 2. The number of H-pyrrole nitrogens is 1. The predicted octanol–water partition coefficient (Wildman–Crippen LogP) is 4.81. The second-order valence-electron chi connectivity index (χ2n) is 7.61. The number of hydrogen-bond acceptors (Lipinski definition) is 3. The lowest BCUT2D eigenvalue weighted by atomic mass is 9.91. The van der Waals surface area contributed by atoms with Gasteiger partial charge in [0.05, 0.1) is 6.04 Å². The van der Waals surface area contributed by atoms with Crippen molar-refractivity contribution < 1.29 is 9.21 Å². The zero-order valence-corrected chi connectivity index (χ0v) is 16.6. The Balaban J connectivity index is 1.68. The number of para-hydroxylation sites is 1. The van der Waals surface area contributed by atoms with Crippen LogP contribution in [0.2, 0.25) is 0 Å². The fraction of sp³-hybridized carbons (Fsp3) is 0.250. The Kier molecular flexibility index (Phi) is 4.23. The molecule has 5 rings (SSSR count). The van der Waals surface area contributed by atoms with E-state index in [0.29, 0.717) is 24.4 Å².